The molecule has 2 heterocycles. The Kier molecular flexibility index (Phi) is 6.35. The van der Waals surface area contributed by atoms with Crippen LogP contribution in [0.3, 0.4) is 0 Å². The molecular weight excluding hydrogens is 436 g/mol. The fourth-order valence-electron chi connectivity index (χ4n) is 3.59. The van der Waals surface area contributed by atoms with Gasteiger partial charge in [-0.2, -0.15) is 4.31 Å². The smallest absolute Gasteiger partial charge is 0.309 e. The van der Waals surface area contributed by atoms with Crippen LogP contribution in [-0.4, -0.2) is 44.3 Å². The first-order chi connectivity index (χ1) is 14.9. The average Bonchev–Trinajstić information content (AvgIpc) is 3.33. The lowest BCUT2D eigenvalue weighted by Gasteiger charge is -2.29. The van der Waals surface area contributed by atoms with Crippen molar-refractivity contribution < 1.29 is 22.7 Å². The summed E-state index contributed by atoms with van der Waals surface area (Å²) in [6.07, 6.45) is 0.742. The van der Waals surface area contributed by atoms with E-state index in [0.717, 1.165) is 10.8 Å². The molecule has 2 aromatic carbocycles. The highest BCUT2D eigenvalue weighted by molar-refractivity contribution is 7.91. The number of thiophene rings is 1. The van der Waals surface area contributed by atoms with Gasteiger partial charge in [-0.1, -0.05) is 36.4 Å². The highest BCUT2D eigenvalue weighted by Gasteiger charge is 2.33. The van der Waals surface area contributed by atoms with Crippen molar-refractivity contribution in [2.45, 2.75) is 17.1 Å². The molecule has 0 bridgehead atoms. The van der Waals surface area contributed by atoms with Gasteiger partial charge in [0.15, 0.2) is 6.61 Å². The van der Waals surface area contributed by atoms with E-state index in [2.05, 4.69) is 5.32 Å². The number of hydrogen-bond donors (Lipinski definition) is 1. The molecule has 1 saturated heterocycles. The predicted octanol–water partition coefficient (Wildman–Crippen LogP) is 3.48. The molecule has 9 heteroatoms. The van der Waals surface area contributed by atoms with Gasteiger partial charge in [-0.15, -0.1) is 11.3 Å². The van der Waals surface area contributed by atoms with Crippen LogP contribution in [0.25, 0.3) is 10.8 Å². The second-order valence-electron chi connectivity index (χ2n) is 7.33. The van der Waals surface area contributed by atoms with Crippen molar-refractivity contribution in [2.24, 2.45) is 5.92 Å². The fraction of sp³-hybridized carbons (Fsp3) is 0.273. The molecule has 0 radical (unpaired) electrons. The number of esters is 1. The number of rotatable bonds is 6. The summed E-state index contributed by atoms with van der Waals surface area (Å²) in [6, 6.07) is 16.7. The number of carbonyl (C=O) groups is 2. The summed E-state index contributed by atoms with van der Waals surface area (Å²) in [5, 5.41) is 6.52. The van der Waals surface area contributed by atoms with Crippen molar-refractivity contribution in [2.75, 3.05) is 25.0 Å². The molecule has 0 saturated carbocycles. The van der Waals surface area contributed by atoms with Crippen molar-refractivity contribution >= 4 is 49.7 Å². The monoisotopic (exact) mass is 458 g/mol. The van der Waals surface area contributed by atoms with Gasteiger partial charge < -0.3 is 10.1 Å². The first-order valence-corrected chi connectivity index (χ1v) is 12.2. The van der Waals surface area contributed by atoms with Crippen LogP contribution in [0.15, 0.2) is 64.2 Å². The number of nitrogens with zero attached hydrogens (tertiary/aromatic N) is 1. The largest absolute Gasteiger partial charge is 0.455 e. The highest BCUT2D eigenvalue weighted by Crippen LogP contribution is 2.27. The minimum atomic E-state index is -3.51. The zero-order valence-electron chi connectivity index (χ0n) is 16.7. The first kappa shape index (κ1) is 21.5. The third-order valence-electron chi connectivity index (χ3n) is 5.26. The third-order valence-corrected chi connectivity index (χ3v) is 8.53. The molecule has 31 heavy (non-hydrogen) atoms. The Morgan fingerprint density at radius 2 is 1.77 bits per heavy atom. The van der Waals surface area contributed by atoms with Crippen molar-refractivity contribution in [3.05, 3.63) is 60.0 Å². The lowest BCUT2D eigenvalue weighted by Crippen LogP contribution is -2.40. The quantitative estimate of drug-likeness (QED) is 0.571. The van der Waals surface area contributed by atoms with Crippen LogP contribution in [-0.2, 0) is 24.3 Å². The van der Waals surface area contributed by atoms with Gasteiger partial charge in [0.05, 0.1) is 5.92 Å². The minimum Gasteiger partial charge on any atom is -0.455 e. The van der Waals surface area contributed by atoms with E-state index in [-0.39, 0.29) is 19.7 Å². The summed E-state index contributed by atoms with van der Waals surface area (Å²) >= 11 is 1.18. The van der Waals surface area contributed by atoms with Gasteiger partial charge in [0.1, 0.15) is 4.21 Å². The SMILES string of the molecule is O=C(COC(=O)C1CCN(S(=O)(=O)c2cccs2)CC1)Nc1ccc2ccccc2c1. The van der Waals surface area contributed by atoms with Crippen molar-refractivity contribution in [1.29, 1.82) is 0 Å². The van der Waals surface area contributed by atoms with E-state index in [0.29, 0.717) is 22.7 Å². The van der Waals surface area contributed by atoms with Gasteiger partial charge in [-0.25, -0.2) is 8.42 Å². The molecule has 1 amide bonds. The second-order valence-corrected chi connectivity index (χ2v) is 10.4. The van der Waals surface area contributed by atoms with Crippen LogP contribution in [0, 0.1) is 5.92 Å². The van der Waals surface area contributed by atoms with Gasteiger partial charge in [0.25, 0.3) is 15.9 Å². The number of benzene rings is 2. The van der Waals surface area contributed by atoms with Crippen molar-refractivity contribution in [3.8, 4) is 0 Å². The van der Waals surface area contributed by atoms with E-state index >= 15 is 0 Å². The van der Waals surface area contributed by atoms with Crippen LogP contribution in [0.5, 0.6) is 0 Å². The van der Waals surface area contributed by atoms with E-state index in [1.807, 2.05) is 36.4 Å². The van der Waals surface area contributed by atoms with E-state index in [4.69, 9.17) is 4.74 Å². The number of piperidine rings is 1. The van der Waals surface area contributed by atoms with Gasteiger partial charge in [0, 0.05) is 18.8 Å². The second kappa shape index (κ2) is 9.17. The maximum absolute atomic E-state index is 12.6. The van der Waals surface area contributed by atoms with E-state index in [1.54, 1.807) is 23.6 Å². The number of hydrogen-bond acceptors (Lipinski definition) is 6. The van der Waals surface area contributed by atoms with Crippen LogP contribution >= 0.6 is 11.3 Å². The highest BCUT2D eigenvalue weighted by atomic mass is 32.2. The number of fused-ring (bicyclic) bond motifs is 1. The molecule has 0 unspecified atom stereocenters. The van der Waals surface area contributed by atoms with Gasteiger partial charge in [-0.3, -0.25) is 9.59 Å². The zero-order valence-corrected chi connectivity index (χ0v) is 18.3. The molecule has 3 aromatic rings. The van der Waals surface area contributed by atoms with E-state index in [9.17, 15) is 18.0 Å². The molecule has 1 aromatic heterocycles. The maximum atomic E-state index is 12.6. The third kappa shape index (κ3) is 4.95. The molecule has 4 rings (SSSR count). The van der Waals surface area contributed by atoms with E-state index < -0.39 is 27.8 Å². The fourth-order valence-corrected chi connectivity index (χ4v) is 6.20. The van der Waals surface area contributed by atoms with Crippen LogP contribution in [0.1, 0.15) is 12.8 Å². The summed E-state index contributed by atoms with van der Waals surface area (Å²) in [5.74, 6) is -1.30. The average molecular weight is 459 g/mol. The molecule has 162 valence electrons. The minimum absolute atomic E-state index is 0.253. The summed E-state index contributed by atoms with van der Waals surface area (Å²) in [5.41, 5.74) is 0.631. The number of anilines is 1. The zero-order chi connectivity index (χ0) is 21.8. The molecule has 0 atom stereocenters. The molecule has 1 N–H and O–H groups in total. The molecule has 1 aliphatic rings. The topological polar surface area (TPSA) is 92.8 Å². The Balaban J connectivity index is 1.26. The Morgan fingerprint density at radius 1 is 1.03 bits per heavy atom. The number of ether oxygens (including phenoxy) is 1. The molecule has 0 aliphatic carbocycles. The van der Waals surface area contributed by atoms with E-state index in [1.165, 1.54) is 15.6 Å². The van der Waals surface area contributed by atoms with Crippen molar-refractivity contribution in [1.82, 2.24) is 4.31 Å². The number of nitrogens with one attached hydrogen (secondary N) is 1. The lowest BCUT2D eigenvalue weighted by atomic mass is 9.98. The number of amides is 1. The van der Waals surface area contributed by atoms with Crippen LogP contribution in [0.2, 0.25) is 0 Å². The molecule has 0 spiro atoms. The summed E-state index contributed by atoms with van der Waals surface area (Å²) in [6.45, 7) is 0.131. The standard InChI is InChI=1S/C22H22N2O5S2/c25-20(23-19-8-7-16-4-1-2-5-18(16)14-19)15-29-22(26)17-9-11-24(12-10-17)31(27,28)21-6-3-13-30-21/h1-8,13-14,17H,9-12,15H2,(H,23,25). The molecular formula is C22H22N2O5S2. The first-order valence-electron chi connectivity index (χ1n) is 9.92. The van der Waals surface area contributed by atoms with Gasteiger partial charge >= 0.3 is 5.97 Å². The normalized spacial score (nSPS) is 15.6. The Hall–Kier alpha value is -2.75. The Bertz CT molecular complexity index is 1180. The van der Waals surface area contributed by atoms with Crippen molar-refractivity contribution in [3.63, 3.8) is 0 Å². The molecule has 7 nitrogen and oxygen atoms in total. The number of sulfonamides is 1. The Morgan fingerprint density at radius 3 is 2.48 bits per heavy atom. The van der Waals surface area contributed by atoms with Gasteiger partial charge in [-0.05, 0) is 47.2 Å². The summed E-state index contributed by atoms with van der Waals surface area (Å²) in [7, 11) is -3.51. The van der Waals surface area contributed by atoms with Crippen LogP contribution in [0.4, 0.5) is 5.69 Å². The summed E-state index contributed by atoms with van der Waals surface area (Å²) < 4.78 is 32.0. The molecule has 1 aliphatic heterocycles. The number of carbonyl (C=O) groups excluding carboxylic acids is 2. The maximum Gasteiger partial charge on any atom is 0.309 e. The Labute approximate surface area is 184 Å². The predicted molar refractivity (Wildman–Crippen MR) is 119 cm³/mol. The summed E-state index contributed by atoms with van der Waals surface area (Å²) in [4.78, 5) is 24.5. The van der Waals surface area contributed by atoms with Gasteiger partial charge in [0.2, 0.25) is 0 Å². The van der Waals surface area contributed by atoms with Crippen LogP contribution < -0.4 is 5.32 Å². The molecule has 1 fully saturated rings. The lowest BCUT2D eigenvalue weighted by molar-refractivity contribution is -0.152.